The quantitative estimate of drug-likeness (QED) is 0.684. The predicted molar refractivity (Wildman–Crippen MR) is 71.9 cm³/mol. The summed E-state index contributed by atoms with van der Waals surface area (Å²) in [6, 6.07) is 14.0. The first kappa shape index (κ1) is 10.8. The molecule has 3 heteroatoms. The van der Waals surface area contributed by atoms with Crippen LogP contribution in [-0.2, 0) is 0 Å². The van der Waals surface area contributed by atoms with E-state index in [9.17, 15) is 0 Å². The maximum absolute atomic E-state index is 5.43. The van der Waals surface area contributed by atoms with Gasteiger partial charge in [-0.25, -0.2) is 4.98 Å². The van der Waals surface area contributed by atoms with Gasteiger partial charge in [-0.05, 0) is 31.2 Å². The van der Waals surface area contributed by atoms with Crippen molar-refractivity contribution < 1.29 is 4.74 Å². The van der Waals surface area contributed by atoms with Crippen LogP contribution in [0.4, 0.5) is 0 Å². The standard InChI is InChI=1S/C15H14N2O/c1-11-15(12-7-3-4-8-13(12)18-2)17-10-6-5-9-14(17)16-11/h3-10H,1-2H3. The van der Waals surface area contributed by atoms with Gasteiger partial charge >= 0.3 is 0 Å². The molecule has 0 fully saturated rings. The lowest BCUT2D eigenvalue weighted by atomic mass is 10.1. The highest BCUT2D eigenvalue weighted by Crippen LogP contribution is 2.32. The lowest BCUT2D eigenvalue weighted by Gasteiger charge is -2.08. The van der Waals surface area contributed by atoms with Crippen LogP contribution in [0.2, 0.25) is 0 Å². The fraction of sp³-hybridized carbons (Fsp3) is 0.133. The largest absolute Gasteiger partial charge is 0.496 e. The van der Waals surface area contributed by atoms with Crippen LogP contribution < -0.4 is 4.74 Å². The molecule has 18 heavy (non-hydrogen) atoms. The number of para-hydroxylation sites is 1. The molecule has 2 aromatic heterocycles. The summed E-state index contributed by atoms with van der Waals surface area (Å²) in [6.07, 6.45) is 2.02. The number of rotatable bonds is 2. The van der Waals surface area contributed by atoms with Gasteiger partial charge < -0.3 is 4.74 Å². The molecule has 0 aliphatic heterocycles. The zero-order valence-electron chi connectivity index (χ0n) is 10.4. The average molecular weight is 238 g/mol. The normalized spacial score (nSPS) is 10.8. The smallest absolute Gasteiger partial charge is 0.137 e. The molecule has 0 saturated carbocycles. The minimum Gasteiger partial charge on any atom is -0.496 e. The number of ether oxygens (including phenoxy) is 1. The van der Waals surface area contributed by atoms with Crippen LogP contribution in [0.3, 0.4) is 0 Å². The molecule has 3 rings (SSSR count). The molecule has 0 spiro atoms. The fourth-order valence-corrected chi connectivity index (χ4v) is 2.28. The van der Waals surface area contributed by atoms with E-state index in [1.165, 1.54) is 0 Å². The van der Waals surface area contributed by atoms with Crippen LogP contribution >= 0.6 is 0 Å². The lowest BCUT2D eigenvalue weighted by molar-refractivity contribution is 0.416. The Morgan fingerprint density at radius 2 is 1.83 bits per heavy atom. The zero-order chi connectivity index (χ0) is 12.5. The molecule has 2 heterocycles. The Kier molecular flexibility index (Phi) is 2.52. The predicted octanol–water partition coefficient (Wildman–Crippen LogP) is 3.32. The molecule has 0 aliphatic rings. The third-order valence-corrected chi connectivity index (χ3v) is 3.07. The van der Waals surface area contributed by atoms with Gasteiger partial charge in [-0.15, -0.1) is 0 Å². The van der Waals surface area contributed by atoms with E-state index in [-0.39, 0.29) is 0 Å². The van der Waals surface area contributed by atoms with Crippen LogP contribution in [-0.4, -0.2) is 16.5 Å². The highest BCUT2D eigenvalue weighted by atomic mass is 16.5. The molecule has 1 aromatic carbocycles. The second-order valence-corrected chi connectivity index (χ2v) is 4.17. The van der Waals surface area contributed by atoms with Crippen molar-refractivity contribution >= 4 is 5.65 Å². The van der Waals surface area contributed by atoms with Crippen molar-refractivity contribution in [1.29, 1.82) is 0 Å². The van der Waals surface area contributed by atoms with E-state index in [0.717, 1.165) is 28.3 Å². The Balaban J connectivity index is 2.34. The number of hydrogen-bond donors (Lipinski definition) is 0. The molecule has 0 saturated heterocycles. The molecule has 0 bridgehead atoms. The topological polar surface area (TPSA) is 26.5 Å². The first-order chi connectivity index (χ1) is 8.81. The number of aryl methyl sites for hydroxylation is 1. The number of benzene rings is 1. The number of nitrogens with zero attached hydrogens (tertiary/aromatic N) is 2. The third kappa shape index (κ3) is 1.56. The monoisotopic (exact) mass is 238 g/mol. The van der Waals surface area contributed by atoms with E-state index >= 15 is 0 Å². The van der Waals surface area contributed by atoms with Crippen molar-refractivity contribution in [2.75, 3.05) is 7.11 Å². The first-order valence-electron chi connectivity index (χ1n) is 5.88. The number of pyridine rings is 1. The Morgan fingerprint density at radius 3 is 2.67 bits per heavy atom. The van der Waals surface area contributed by atoms with Crippen LogP contribution in [0.15, 0.2) is 48.7 Å². The second kappa shape index (κ2) is 4.18. The van der Waals surface area contributed by atoms with Crippen molar-refractivity contribution in [3.8, 4) is 17.0 Å². The zero-order valence-corrected chi connectivity index (χ0v) is 10.4. The van der Waals surface area contributed by atoms with Gasteiger partial charge in [0.05, 0.1) is 18.5 Å². The highest BCUT2D eigenvalue weighted by Gasteiger charge is 2.13. The number of imidazole rings is 1. The molecule has 0 N–H and O–H groups in total. The summed E-state index contributed by atoms with van der Waals surface area (Å²) in [6.45, 7) is 2.02. The van der Waals surface area contributed by atoms with Crippen LogP contribution in [0.25, 0.3) is 16.9 Å². The van der Waals surface area contributed by atoms with Crippen molar-refractivity contribution in [3.05, 3.63) is 54.4 Å². The summed E-state index contributed by atoms with van der Waals surface area (Å²) in [5.41, 5.74) is 4.11. The Bertz CT molecular complexity index is 701. The van der Waals surface area contributed by atoms with Gasteiger partial charge in [-0.2, -0.15) is 0 Å². The Hall–Kier alpha value is -2.29. The van der Waals surface area contributed by atoms with Crippen LogP contribution in [0, 0.1) is 6.92 Å². The van der Waals surface area contributed by atoms with Crippen LogP contribution in [0.5, 0.6) is 5.75 Å². The van der Waals surface area contributed by atoms with Gasteiger partial charge in [0.1, 0.15) is 11.4 Å². The highest BCUT2D eigenvalue weighted by molar-refractivity contribution is 5.72. The number of fused-ring (bicyclic) bond motifs is 1. The average Bonchev–Trinajstić information content (AvgIpc) is 2.74. The summed E-state index contributed by atoms with van der Waals surface area (Å²) in [4.78, 5) is 4.57. The first-order valence-corrected chi connectivity index (χ1v) is 5.88. The molecule has 90 valence electrons. The number of hydrogen-bond acceptors (Lipinski definition) is 2. The molecule has 0 unspecified atom stereocenters. The Morgan fingerprint density at radius 1 is 1.06 bits per heavy atom. The minimum absolute atomic E-state index is 0.867. The SMILES string of the molecule is COc1ccccc1-c1c(C)nc2ccccn12. The van der Waals surface area contributed by atoms with Gasteiger partial charge in [0.25, 0.3) is 0 Å². The van der Waals surface area contributed by atoms with E-state index < -0.39 is 0 Å². The van der Waals surface area contributed by atoms with Gasteiger partial charge in [0.15, 0.2) is 0 Å². The van der Waals surface area contributed by atoms with Crippen molar-refractivity contribution in [2.24, 2.45) is 0 Å². The maximum atomic E-state index is 5.43. The van der Waals surface area contributed by atoms with Gasteiger partial charge in [-0.1, -0.05) is 18.2 Å². The van der Waals surface area contributed by atoms with Crippen LogP contribution in [0.1, 0.15) is 5.69 Å². The molecule has 3 aromatic rings. The van der Waals surface area contributed by atoms with E-state index in [2.05, 4.69) is 15.5 Å². The number of aromatic nitrogens is 2. The summed E-state index contributed by atoms with van der Waals surface area (Å²) in [7, 11) is 1.69. The van der Waals surface area contributed by atoms with E-state index in [1.807, 2.05) is 49.5 Å². The molecule has 0 radical (unpaired) electrons. The molecule has 0 aliphatic carbocycles. The summed E-state index contributed by atoms with van der Waals surface area (Å²) < 4.78 is 7.52. The third-order valence-electron chi connectivity index (χ3n) is 3.07. The summed E-state index contributed by atoms with van der Waals surface area (Å²) >= 11 is 0. The number of methoxy groups -OCH3 is 1. The van der Waals surface area contributed by atoms with E-state index in [0.29, 0.717) is 0 Å². The van der Waals surface area contributed by atoms with Crippen molar-refractivity contribution in [3.63, 3.8) is 0 Å². The lowest BCUT2D eigenvalue weighted by Crippen LogP contribution is -1.92. The molecule has 3 nitrogen and oxygen atoms in total. The maximum Gasteiger partial charge on any atom is 0.137 e. The summed E-state index contributed by atoms with van der Waals surface area (Å²) in [5.74, 6) is 0.867. The molecular formula is C15H14N2O. The summed E-state index contributed by atoms with van der Waals surface area (Å²) in [5, 5.41) is 0. The van der Waals surface area contributed by atoms with E-state index in [4.69, 9.17) is 4.74 Å². The van der Waals surface area contributed by atoms with Gasteiger partial charge in [0, 0.05) is 11.8 Å². The second-order valence-electron chi connectivity index (χ2n) is 4.17. The molecule has 0 atom stereocenters. The van der Waals surface area contributed by atoms with Gasteiger partial charge in [0.2, 0.25) is 0 Å². The van der Waals surface area contributed by atoms with E-state index in [1.54, 1.807) is 7.11 Å². The molecule has 0 amide bonds. The minimum atomic E-state index is 0.867. The molecular weight excluding hydrogens is 224 g/mol. The fourth-order valence-electron chi connectivity index (χ4n) is 2.28. The Labute approximate surface area is 106 Å². The van der Waals surface area contributed by atoms with Crippen molar-refractivity contribution in [1.82, 2.24) is 9.38 Å². The van der Waals surface area contributed by atoms with Gasteiger partial charge in [-0.3, -0.25) is 4.40 Å². The van der Waals surface area contributed by atoms with Crippen molar-refractivity contribution in [2.45, 2.75) is 6.92 Å².